The third-order valence-corrected chi connectivity index (χ3v) is 12.7. The van der Waals surface area contributed by atoms with Gasteiger partial charge in [-0.3, -0.25) is 14.4 Å². The van der Waals surface area contributed by atoms with Crippen LogP contribution in [0.5, 0.6) is 0 Å². The molecule has 1 atom stereocenters. The van der Waals surface area contributed by atoms with Gasteiger partial charge >= 0.3 is 17.9 Å². The molecule has 0 saturated heterocycles. The van der Waals surface area contributed by atoms with Crippen molar-refractivity contribution in [2.24, 2.45) is 0 Å². The van der Waals surface area contributed by atoms with Crippen LogP contribution in [0.1, 0.15) is 310 Å². The van der Waals surface area contributed by atoms with Crippen LogP contribution in [0.15, 0.2) is 24.3 Å². The highest BCUT2D eigenvalue weighted by Crippen LogP contribution is 2.16. The zero-order chi connectivity index (χ0) is 46.5. The van der Waals surface area contributed by atoms with Gasteiger partial charge in [0.2, 0.25) is 0 Å². The van der Waals surface area contributed by atoms with Crippen molar-refractivity contribution in [1.82, 2.24) is 0 Å². The van der Waals surface area contributed by atoms with Gasteiger partial charge in [-0.1, -0.05) is 251 Å². The molecule has 64 heavy (non-hydrogen) atoms. The first-order chi connectivity index (χ1) is 31.5. The molecule has 0 aliphatic rings. The van der Waals surface area contributed by atoms with Gasteiger partial charge in [0.05, 0.1) is 0 Å². The topological polar surface area (TPSA) is 78.9 Å². The van der Waals surface area contributed by atoms with Crippen molar-refractivity contribution in [1.29, 1.82) is 0 Å². The highest BCUT2D eigenvalue weighted by atomic mass is 16.6. The van der Waals surface area contributed by atoms with Crippen LogP contribution in [0.4, 0.5) is 0 Å². The molecule has 0 spiro atoms. The average Bonchev–Trinajstić information content (AvgIpc) is 3.29. The van der Waals surface area contributed by atoms with E-state index >= 15 is 0 Å². The second-order valence-electron chi connectivity index (χ2n) is 19.2. The summed E-state index contributed by atoms with van der Waals surface area (Å²) < 4.78 is 16.8. The maximum Gasteiger partial charge on any atom is 0.306 e. The molecule has 0 heterocycles. The summed E-state index contributed by atoms with van der Waals surface area (Å²) in [7, 11) is 0. The Hall–Kier alpha value is -2.11. The molecule has 6 heteroatoms. The smallest absolute Gasteiger partial charge is 0.306 e. The van der Waals surface area contributed by atoms with Crippen molar-refractivity contribution in [2.75, 3.05) is 13.2 Å². The summed E-state index contributed by atoms with van der Waals surface area (Å²) in [6.45, 7) is 6.63. The van der Waals surface area contributed by atoms with E-state index in [0.717, 1.165) is 64.2 Å². The lowest BCUT2D eigenvalue weighted by molar-refractivity contribution is -0.167. The second kappa shape index (κ2) is 53.5. The highest BCUT2D eigenvalue weighted by molar-refractivity contribution is 5.71. The Kier molecular flexibility index (Phi) is 51.7. The summed E-state index contributed by atoms with van der Waals surface area (Å²) in [6.07, 6.45) is 61.7. The standard InChI is InChI=1S/C58H108O6/c1-4-7-10-13-16-19-22-24-26-28-29-30-32-33-36-39-42-45-48-51-57(60)63-54-55(53-62-56(59)50-47-44-41-38-35-21-18-15-12-9-6-3)64-58(61)52-49-46-43-40-37-34-31-27-25-23-20-17-14-11-8-5-2/h15,18,24,26,55H,4-14,16-17,19-23,25,27-54H2,1-3H3/b18-15-,26-24-. The first-order valence-corrected chi connectivity index (χ1v) is 28.3. The molecule has 0 aromatic carbocycles. The number of carbonyl (C=O) groups excluding carboxylic acids is 3. The van der Waals surface area contributed by atoms with Gasteiger partial charge in [-0.2, -0.15) is 0 Å². The van der Waals surface area contributed by atoms with E-state index in [2.05, 4.69) is 45.1 Å². The van der Waals surface area contributed by atoms with E-state index in [1.54, 1.807) is 0 Å². The minimum Gasteiger partial charge on any atom is -0.462 e. The predicted molar refractivity (Wildman–Crippen MR) is 275 cm³/mol. The molecule has 0 N–H and O–H groups in total. The van der Waals surface area contributed by atoms with E-state index in [1.165, 1.54) is 205 Å². The molecule has 0 aromatic rings. The molecule has 0 rings (SSSR count). The molecule has 6 nitrogen and oxygen atoms in total. The molecule has 0 aliphatic carbocycles. The van der Waals surface area contributed by atoms with Crippen LogP contribution >= 0.6 is 0 Å². The van der Waals surface area contributed by atoms with Crippen molar-refractivity contribution in [3.63, 3.8) is 0 Å². The van der Waals surface area contributed by atoms with Gasteiger partial charge in [0.25, 0.3) is 0 Å². The van der Waals surface area contributed by atoms with E-state index in [1.807, 2.05) is 0 Å². The van der Waals surface area contributed by atoms with Crippen molar-refractivity contribution < 1.29 is 28.6 Å². The Balaban J connectivity index is 4.29. The Labute approximate surface area is 398 Å². The summed E-state index contributed by atoms with van der Waals surface area (Å²) in [5.41, 5.74) is 0. The van der Waals surface area contributed by atoms with Crippen LogP contribution in [-0.2, 0) is 28.6 Å². The fraction of sp³-hybridized carbons (Fsp3) is 0.879. The molecule has 1 unspecified atom stereocenters. The summed E-state index contributed by atoms with van der Waals surface area (Å²) in [4.78, 5) is 38.1. The number of hydrogen-bond acceptors (Lipinski definition) is 6. The molecule has 0 amide bonds. The van der Waals surface area contributed by atoms with Gasteiger partial charge in [-0.05, 0) is 64.2 Å². The minimum atomic E-state index is -0.770. The summed E-state index contributed by atoms with van der Waals surface area (Å²) in [6, 6.07) is 0. The highest BCUT2D eigenvalue weighted by Gasteiger charge is 2.19. The minimum absolute atomic E-state index is 0.0708. The fourth-order valence-electron chi connectivity index (χ4n) is 8.36. The third-order valence-electron chi connectivity index (χ3n) is 12.7. The van der Waals surface area contributed by atoms with Gasteiger partial charge < -0.3 is 14.2 Å². The zero-order valence-electron chi connectivity index (χ0n) is 43.1. The molecule has 0 bridgehead atoms. The van der Waals surface area contributed by atoms with Gasteiger partial charge in [0.1, 0.15) is 13.2 Å². The predicted octanol–water partition coefficient (Wildman–Crippen LogP) is 18.7. The van der Waals surface area contributed by atoms with Crippen LogP contribution in [0.25, 0.3) is 0 Å². The first kappa shape index (κ1) is 61.9. The van der Waals surface area contributed by atoms with Crippen molar-refractivity contribution in [2.45, 2.75) is 316 Å². The lowest BCUT2D eigenvalue weighted by Crippen LogP contribution is -2.30. The lowest BCUT2D eigenvalue weighted by atomic mass is 10.0. The number of carbonyl (C=O) groups is 3. The molecule has 376 valence electrons. The van der Waals surface area contributed by atoms with Crippen molar-refractivity contribution in [3.05, 3.63) is 24.3 Å². The van der Waals surface area contributed by atoms with E-state index in [4.69, 9.17) is 14.2 Å². The molecule has 0 saturated carbocycles. The van der Waals surface area contributed by atoms with Crippen LogP contribution in [0.3, 0.4) is 0 Å². The number of unbranched alkanes of at least 4 members (excludes halogenated alkanes) is 37. The van der Waals surface area contributed by atoms with Crippen molar-refractivity contribution >= 4 is 17.9 Å². The van der Waals surface area contributed by atoms with E-state index in [9.17, 15) is 14.4 Å². The van der Waals surface area contributed by atoms with Crippen molar-refractivity contribution in [3.8, 4) is 0 Å². The number of esters is 3. The number of allylic oxidation sites excluding steroid dienone is 4. The molecule has 0 radical (unpaired) electrons. The molecular weight excluding hydrogens is 793 g/mol. The van der Waals surface area contributed by atoms with Gasteiger partial charge in [0, 0.05) is 19.3 Å². The van der Waals surface area contributed by atoms with Crippen LogP contribution in [-0.4, -0.2) is 37.2 Å². The Bertz CT molecular complexity index is 1040. The third kappa shape index (κ3) is 50.9. The number of hydrogen-bond donors (Lipinski definition) is 0. The van der Waals surface area contributed by atoms with Crippen LogP contribution < -0.4 is 0 Å². The average molecular weight is 901 g/mol. The number of ether oxygens (including phenoxy) is 3. The summed E-state index contributed by atoms with van der Waals surface area (Å²) >= 11 is 0. The van der Waals surface area contributed by atoms with E-state index < -0.39 is 6.10 Å². The molecular formula is C58H108O6. The second-order valence-corrected chi connectivity index (χ2v) is 19.2. The zero-order valence-corrected chi connectivity index (χ0v) is 43.1. The summed E-state index contributed by atoms with van der Waals surface area (Å²) in [5, 5.41) is 0. The Morgan fingerprint density at radius 1 is 0.297 bits per heavy atom. The SMILES string of the molecule is CCCC/C=C\CCCCCCCC(=O)OCC(COC(=O)CCCCCCCCCCC/C=C\CCCCCCCC)OC(=O)CCCCCCCCCCCCCCCCCC. The Morgan fingerprint density at radius 2 is 0.531 bits per heavy atom. The van der Waals surface area contributed by atoms with E-state index in [-0.39, 0.29) is 31.1 Å². The first-order valence-electron chi connectivity index (χ1n) is 28.3. The maximum atomic E-state index is 12.8. The lowest BCUT2D eigenvalue weighted by Gasteiger charge is -2.18. The number of rotatable bonds is 52. The quantitative estimate of drug-likeness (QED) is 0.0262. The van der Waals surface area contributed by atoms with Crippen LogP contribution in [0, 0.1) is 0 Å². The monoisotopic (exact) mass is 901 g/mol. The largest absolute Gasteiger partial charge is 0.462 e. The normalized spacial score (nSPS) is 12.1. The van der Waals surface area contributed by atoms with Gasteiger partial charge in [0.15, 0.2) is 6.10 Å². The molecule has 0 fully saturated rings. The Morgan fingerprint density at radius 3 is 0.828 bits per heavy atom. The fourth-order valence-corrected chi connectivity index (χ4v) is 8.36. The molecule has 0 aromatic heterocycles. The van der Waals surface area contributed by atoms with E-state index in [0.29, 0.717) is 19.3 Å². The molecule has 0 aliphatic heterocycles. The summed E-state index contributed by atoms with van der Waals surface area (Å²) in [5.74, 6) is -0.865. The maximum absolute atomic E-state index is 12.8. The van der Waals surface area contributed by atoms with Crippen LogP contribution in [0.2, 0.25) is 0 Å². The van der Waals surface area contributed by atoms with Gasteiger partial charge in [-0.25, -0.2) is 0 Å². The van der Waals surface area contributed by atoms with Gasteiger partial charge in [-0.15, -0.1) is 0 Å².